The van der Waals surface area contributed by atoms with E-state index < -0.39 is 17.7 Å². The summed E-state index contributed by atoms with van der Waals surface area (Å²) in [4.78, 5) is 6.11. The van der Waals surface area contributed by atoms with Gasteiger partial charge in [0.15, 0.2) is 11.6 Å². The maximum atomic E-state index is 13.3. The van der Waals surface area contributed by atoms with Crippen LogP contribution >= 0.6 is 0 Å². The molecule has 2 aromatic rings. The molecule has 0 saturated carbocycles. The van der Waals surface area contributed by atoms with Gasteiger partial charge < -0.3 is 10.0 Å². The third-order valence-corrected chi connectivity index (χ3v) is 4.27. The lowest BCUT2D eigenvalue weighted by Gasteiger charge is -2.33. The Morgan fingerprint density at radius 2 is 2.17 bits per heavy atom. The second-order valence-corrected chi connectivity index (χ2v) is 6.07. The van der Waals surface area contributed by atoms with Crippen LogP contribution in [0.15, 0.2) is 30.9 Å². The summed E-state index contributed by atoms with van der Waals surface area (Å²) in [5, 5.41) is 14.4. The number of nitrogens with zero attached hydrogens (tertiary/aromatic N) is 4. The van der Waals surface area contributed by atoms with E-state index >= 15 is 0 Å². The van der Waals surface area contributed by atoms with E-state index in [1.54, 1.807) is 6.33 Å². The quantitative estimate of drug-likeness (QED) is 0.915. The smallest absolute Gasteiger partial charge is 0.159 e. The van der Waals surface area contributed by atoms with Gasteiger partial charge in [-0.1, -0.05) is 6.07 Å². The van der Waals surface area contributed by atoms with Crippen molar-refractivity contribution in [1.82, 2.24) is 19.7 Å². The molecule has 1 aromatic carbocycles. The van der Waals surface area contributed by atoms with Crippen LogP contribution in [-0.4, -0.2) is 44.4 Å². The van der Waals surface area contributed by atoms with Gasteiger partial charge in [-0.2, -0.15) is 5.10 Å². The molecule has 0 aliphatic carbocycles. The number of aliphatic hydroxyl groups excluding tert-OH is 1. The van der Waals surface area contributed by atoms with Crippen molar-refractivity contribution in [3.8, 4) is 0 Å². The first kappa shape index (κ1) is 16.0. The molecular weight excluding hydrogens is 302 g/mol. The van der Waals surface area contributed by atoms with Crippen LogP contribution in [0.3, 0.4) is 0 Å². The largest absolute Gasteiger partial charge is 0.387 e. The van der Waals surface area contributed by atoms with Crippen LogP contribution in [0.4, 0.5) is 8.78 Å². The third-order valence-electron chi connectivity index (χ3n) is 4.27. The highest BCUT2D eigenvalue weighted by atomic mass is 19.2. The number of rotatable bonds is 5. The molecule has 0 radical (unpaired) electrons. The van der Waals surface area contributed by atoms with E-state index in [0.29, 0.717) is 18.0 Å². The monoisotopic (exact) mass is 322 g/mol. The van der Waals surface area contributed by atoms with Crippen molar-refractivity contribution in [2.24, 2.45) is 5.92 Å². The Bertz CT molecular complexity index is 635. The van der Waals surface area contributed by atoms with Gasteiger partial charge in [-0.25, -0.2) is 13.8 Å². The second-order valence-electron chi connectivity index (χ2n) is 6.07. The number of aromatic nitrogens is 3. The van der Waals surface area contributed by atoms with Crippen molar-refractivity contribution < 1.29 is 13.9 Å². The molecule has 2 atom stereocenters. The first-order valence-corrected chi connectivity index (χ1v) is 7.79. The van der Waals surface area contributed by atoms with Crippen LogP contribution in [0, 0.1) is 17.6 Å². The summed E-state index contributed by atoms with van der Waals surface area (Å²) in [6.45, 7) is 2.96. The number of β-amino-alcohol motifs (C(OH)–C–C–N with tert-alkyl or cyclic N) is 1. The zero-order valence-electron chi connectivity index (χ0n) is 12.8. The predicted octanol–water partition coefficient (Wildman–Crippen LogP) is 2.00. The fourth-order valence-electron chi connectivity index (χ4n) is 3.13. The first-order chi connectivity index (χ1) is 11.1. The van der Waals surface area contributed by atoms with Crippen molar-refractivity contribution in [2.45, 2.75) is 25.5 Å². The molecule has 23 heavy (non-hydrogen) atoms. The lowest BCUT2D eigenvalue weighted by atomic mass is 9.97. The van der Waals surface area contributed by atoms with Gasteiger partial charge in [0.1, 0.15) is 12.7 Å². The summed E-state index contributed by atoms with van der Waals surface area (Å²) in [6.07, 6.45) is 4.56. The molecule has 1 N–H and O–H groups in total. The van der Waals surface area contributed by atoms with Gasteiger partial charge in [-0.3, -0.25) is 4.68 Å². The van der Waals surface area contributed by atoms with Crippen molar-refractivity contribution in [2.75, 3.05) is 19.6 Å². The highest BCUT2D eigenvalue weighted by Crippen LogP contribution is 2.22. The maximum Gasteiger partial charge on any atom is 0.159 e. The van der Waals surface area contributed by atoms with E-state index in [0.717, 1.165) is 44.6 Å². The molecule has 0 spiro atoms. The Balaban J connectivity index is 1.57. The molecule has 0 unspecified atom stereocenters. The molecule has 1 aromatic heterocycles. The molecule has 5 nitrogen and oxygen atoms in total. The summed E-state index contributed by atoms with van der Waals surface area (Å²) in [7, 11) is 0. The second kappa shape index (κ2) is 7.14. The van der Waals surface area contributed by atoms with Crippen LogP contribution in [-0.2, 0) is 6.54 Å². The van der Waals surface area contributed by atoms with Crippen molar-refractivity contribution in [3.05, 3.63) is 48.1 Å². The van der Waals surface area contributed by atoms with E-state index in [9.17, 15) is 13.9 Å². The van der Waals surface area contributed by atoms with Crippen molar-refractivity contribution in [1.29, 1.82) is 0 Å². The Labute approximate surface area is 133 Å². The number of likely N-dealkylation sites (tertiary alicyclic amines) is 1. The standard InChI is InChI=1S/C16H20F2N4O/c17-14-4-3-13(6-15(14)18)16(23)9-21-5-1-2-12(7-21)8-22-11-19-10-20-22/h3-4,6,10-12,16,23H,1-2,5,7-9H2/t12-,16-/m0/s1. The predicted molar refractivity (Wildman–Crippen MR) is 80.5 cm³/mol. The first-order valence-electron chi connectivity index (χ1n) is 7.79. The SMILES string of the molecule is O[C@@H](CN1CCC[C@H](Cn2cncn2)C1)c1ccc(F)c(F)c1. The Kier molecular flexibility index (Phi) is 4.97. The number of aliphatic hydroxyl groups is 1. The van der Waals surface area contributed by atoms with Gasteiger partial charge >= 0.3 is 0 Å². The van der Waals surface area contributed by atoms with Crippen molar-refractivity contribution in [3.63, 3.8) is 0 Å². The number of hydrogen-bond acceptors (Lipinski definition) is 4. The minimum absolute atomic E-state index is 0.405. The van der Waals surface area contributed by atoms with Crippen LogP contribution in [0.25, 0.3) is 0 Å². The Morgan fingerprint density at radius 3 is 2.91 bits per heavy atom. The molecule has 1 aliphatic heterocycles. The third kappa shape index (κ3) is 4.11. The molecule has 7 heteroatoms. The average Bonchev–Trinajstić information content (AvgIpc) is 3.03. The zero-order chi connectivity index (χ0) is 16.2. The minimum atomic E-state index is -0.927. The zero-order valence-corrected chi connectivity index (χ0v) is 12.8. The molecule has 1 fully saturated rings. The lowest BCUT2D eigenvalue weighted by molar-refractivity contribution is 0.0797. The number of hydrogen-bond donors (Lipinski definition) is 1. The highest BCUT2D eigenvalue weighted by molar-refractivity contribution is 5.20. The van der Waals surface area contributed by atoms with Gasteiger partial charge in [0.05, 0.1) is 6.10 Å². The summed E-state index contributed by atoms with van der Waals surface area (Å²) in [5.74, 6) is -1.38. The Morgan fingerprint density at radius 1 is 1.30 bits per heavy atom. The summed E-state index contributed by atoms with van der Waals surface area (Å²) < 4.78 is 28.1. The van der Waals surface area contributed by atoms with Crippen molar-refractivity contribution >= 4 is 0 Å². The van der Waals surface area contributed by atoms with Gasteiger partial charge in [0.2, 0.25) is 0 Å². The molecule has 1 aliphatic rings. The molecule has 124 valence electrons. The van der Waals surface area contributed by atoms with E-state index in [1.165, 1.54) is 12.4 Å². The van der Waals surface area contributed by atoms with Gasteiger partial charge in [0, 0.05) is 19.6 Å². The molecule has 0 amide bonds. The molecule has 2 heterocycles. The molecule has 3 rings (SSSR count). The van der Waals surface area contributed by atoms with Crippen LogP contribution in [0.1, 0.15) is 24.5 Å². The fourth-order valence-corrected chi connectivity index (χ4v) is 3.13. The number of piperidine rings is 1. The molecule has 0 bridgehead atoms. The van der Waals surface area contributed by atoms with E-state index in [-0.39, 0.29) is 0 Å². The molecule has 1 saturated heterocycles. The number of benzene rings is 1. The normalized spacial score (nSPS) is 20.6. The highest BCUT2D eigenvalue weighted by Gasteiger charge is 2.23. The fraction of sp³-hybridized carbons (Fsp3) is 0.500. The summed E-state index contributed by atoms with van der Waals surface area (Å²) >= 11 is 0. The average molecular weight is 322 g/mol. The minimum Gasteiger partial charge on any atom is -0.387 e. The molecular formula is C16H20F2N4O. The van der Waals surface area contributed by atoms with E-state index in [1.807, 2.05) is 4.68 Å². The van der Waals surface area contributed by atoms with Crippen LogP contribution in [0.5, 0.6) is 0 Å². The van der Waals surface area contributed by atoms with Gasteiger partial charge in [0.25, 0.3) is 0 Å². The van der Waals surface area contributed by atoms with E-state index in [2.05, 4.69) is 15.0 Å². The maximum absolute atomic E-state index is 13.3. The Hall–Kier alpha value is -1.86. The number of halogens is 2. The van der Waals surface area contributed by atoms with E-state index in [4.69, 9.17) is 0 Å². The topological polar surface area (TPSA) is 54.2 Å². The van der Waals surface area contributed by atoms with Gasteiger partial charge in [-0.05, 0) is 43.0 Å². The van der Waals surface area contributed by atoms with Gasteiger partial charge in [-0.15, -0.1) is 0 Å². The lowest BCUT2D eigenvalue weighted by Crippen LogP contribution is -2.39. The van der Waals surface area contributed by atoms with Crippen LogP contribution in [0.2, 0.25) is 0 Å². The van der Waals surface area contributed by atoms with Crippen LogP contribution < -0.4 is 0 Å². The summed E-state index contributed by atoms with van der Waals surface area (Å²) in [6, 6.07) is 3.55. The summed E-state index contributed by atoms with van der Waals surface area (Å²) in [5.41, 5.74) is 0.405.